The lowest BCUT2D eigenvalue weighted by molar-refractivity contribution is 0.391. The van der Waals surface area contributed by atoms with Gasteiger partial charge < -0.3 is 0 Å². The van der Waals surface area contributed by atoms with E-state index in [2.05, 4.69) is 34.6 Å². The Bertz CT molecular complexity index is 115. The standard InChI is InChI=1S/C14H30/c1-6-13(4)8-7-9-14(5)11-10-12(2)3/h12-14H,6-11H2,1-5H3. The first-order chi connectivity index (χ1) is 6.56. The second kappa shape index (κ2) is 8.32. The summed E-state index contributed by atoms with van der Waals surface area (Å²) in [5, 5.41) is 0. The van der Waals surface area contributed by atoms with Crippen molar-refractivity contribution >= 4 is 0 Å². The van der Waals surface area contributed by atoms with Crippen LogP contribution >= 0.6 is 0 Å². The molecular formula is C14H30. The topological polar surface area (TPSA) is 0 Å². The van der Waals surface area contributed by atoms with E-state index in [-0.39, 0.29) is 0 Å². The summed E-state index contributed by atoms with van der Waals surface area (Å²) in [6, 6.07) is 0. The lowest BCUT2D eigenvalue weighted by Crippen LogP contribution is -2.00. The molecule has 0 spiro atoms. The first-order valence-electron chi connectivity index (χ1n) is 6.56. The number of hydrogen-bond donors (Lipinski definition) is 0. The Balaban J connectivity index is 3.30. The van der Waals surface area contributed by atoms with Gasteiger partial charge in [0, 0.05) is 0 Å². The van der Waals surface area contributed by atoms with Crippen LogP contribution in [0.4, 0.5) is 0 Å². The molecule has 0 rings (SSSR count). The minimum Gasteiger partial charge on any atom is -0.0651 e. The van der Waals surface area contributed by atoms with E-state index in [1.165, 1.54) is 38.5 Å². The summed E-state index contributed by atoms with van der Waals surface area (Å²) in [6.45, 7) is 11.7. The van der Waals surface area contributed by atoms with E-state index >= 15 is 0 Å². The van der Waals surface area contributed by atoms with Gasteiger partial charge in [-0.2, -0.15) is 0 Å². The van der Waals surface area contributed by atoms with Crippen molar-refractivity contribution in [3.8, 4) is 0 Å². The fourth-order valence-corrected chi connectivity index (χ4v) is 1.78. The second-order valence-electron chi connectivity index (χ2n) is 5.52. The Morgan fingerprint density at radius 2 is 1.29 bits per heavy atom. The van der Waals surface area contributed by atoms with Crippen LogP contribution in [-0.4, -0.2) is 0 Å². The third-order valence-electron chi connectivity index (χ3n) is 3.33. The predicted octanol–water partition coefficient (Wildman–Crippen LogP) is 5.28. The summed E-state index contributed by atoms with van der Waals surface area (Å²) >= 11 is 0. The fourth-order valence-electron chi connectivity index (χ4n) is 1.78. The van der Waals surface area contributed by atoms with Gasteiger partial charge in [0.1, 0.15) is 0 Å². The Labute approximate surface area is 91.5 Å². The molecule has 0 saturated heterocycles. The molecule has 14 heavy (non-hydrogen) atoms. The molecule has 2 unspecified atom stereocenters. The second-order valence-corrected chi connectivity index (χ2v) is 5.52. The molecular weight excluding hydrogens is 168 g/mol. The van der Waals surface area contributed by atoms with Gasteiger partial charge in [-0.1, -0.05) is 73.1 Å². The third-order valence-corrected chi connectivity index (χ3v) is 3.33. The normalized spacial score (nSPS) is 15.9. The molecule has 0 aromatic heterocycles. The van der Waals surface area contributed by atoms with Gasteiger partial charge in [-0.05, 0) is 17.8 Å². The molecule has 86 valence electrons. The Morgan fingerprint density at radius 1 is 0.714 bits per heavy atom. The molecule has 0 aromatic carbocycles. The van der Waals surface area contributed by atoms with Crippen LogP contribution < -0.4 is 0 Å². The third kappa shape index (κ3) is 8.59. The molecule has 0 aliphatic heterocycles. The van der Waals surface area contributed by atoms with Gasteiger partial charge in [0.2, 0.25) is 0 Å². The van der Waals surface area contributed by atoms with Gasteiger partial charge in [-0.25, -0.2) is 0 Å². The highest BCUT2D eigenvalue weighted by atomic mass is 14.1. The SMILES string of the molecule is CCC(C)CCCC(C)CCC(C)C. The Hall–Kier alpha value is 0. The van der Waals surface area contributed by atoms with Crippen molar-refractivity contribution in [1.82, 2.24) is 0 Å². The average molecular weight is 198 g/mol. The summed E-state index contributed by atoms with van der Waals surface area (Å²) in [5.74, 6) is 2.76. The van der Waals surface area contributed by atoms with Crippen molar-refractivity contribution in [3.05, 3.63) is 0 Å². The molecule has 0 N–H and O–H groups in total. The Kier molecular flexibility index (Phi) is 8.32. The van der Waals surface area contributed by atoms with E-state index in [4.69, 9.17) is 0 Å². The van der Waals surface area contributed by atoms with Crippen LogP contribution in [0.3, 0.4) is 0 Å². The van der Waals surface area contributed by atoms with Crippen LogP contribution in [0.25, 0.3) is 0 Å². The number of rotatable bonds is 8. The summed E-state index contributed by atoms with van der Waals surface area (Å²) in [4.78, 5) is 0. The van der Waals surface area contributed by atoms with Crippen LogP contribution in [0.15, 0.2) is 0 Å². The van der Waals surface area contributed by atoms with Crippen LogP contribution in [0.2, 0.25) is 0 Å². The molecule has 0 aliphatic carbocycles. The smallest absolute Gasteiger partial charge is 0.0443 e. The van der Waals surface area contributed by atoms with Gasteiger partial charge in [0.15, 0.2) is 0 Å². The molecule has 2 atom stereocenters. The van der Waals surface area contributed by atoms with Gasteiger partial charge in [-0.15, -0.1) is 0 Å². The van der Waals surface area contributed by atoms with E-state index in [1.807, 2.05) is 0 Å². The van der Waals surface area contributed by atoms with Crippen LogP contribution in [0.5, 0.6) is 0 Å². The largest absolute Gasteiger partial charge is 0.0651 e. The highest BCUT2D eigenvalue weighted by Gasteiger charge is 2.05. The van der Waals surface area contributed by atoms with Crippen molar-refractivity contribution in [2.75, 3.05) is 0 Å². The highest BCUT2D eigenvalue weighted by molar-refractivity contribution is 4.58. The van der Waals surface area contributed by atoms with Crippen LogP contribution in [-0.2, 0) is 0 Å². The highest BCUT2D eigenvalue weighted by Crippen LogP contribution is 2.19. The fraction of sp³-hybridized carbons (Fsp3) is 1.00. The lowest BCUT2D eigenvalue weighted by atomic mass is 9.92. The quantitative estimate of drug-likeness (QED) is 0.498. The van der Waals surface area contributed by atoms with Gasteiger partial charge in [0.05, 0.1) is 0 Å². The van der Waals surface area contributed by atoms with E-state index in [1.54, 1.807) is 0 Å². The summed E-state index contributed by atoms with van der Waals surface area (Å²) in [7, 11) is 0. The van der Waals surface area contributed by atoms with E-state index in [9.17, 15) is 0 Å². The molecule has 0 heteroatoms. The predicted molar refractivity (Wildman–Crippen MR) is 66.5 cm³/mol. The van der Waals surface area contributed by atoms with E-state index in [0.717, 1.165) is 17.8 Å². The molecule has 0 aromatic rings. The summed E-state index contributed by atoms with van der Waals surface area (Å²) in [5.41, 5.74) is 0. The number of hydrogen-bond acceptors (Lipinski definition) is 0. The van der Waals surface area contributed by atoms with Crippen molar-refractivity contribution in [2.24, 2.45) is 17.8 Å². The minimum atomic E-state index is 0.881. The maximum absolute atomic E-state index is 2.42. The minimum absolute atomic E-state index is 0.881. The zero-order valence-electron chi connectivity index (χ0n) is 11.0. The molecule has 0 radical (unpaired) electrons. The van der Waals surface area contributed by atoms with Crippen molar-refractivity contribution in [3.63, 3.8) is 0 Å². The molecule has 0 saturated carbocycles. The van der Waals surface area contributed by atoms with Gasteiger partial charge in [0.25, 0.3) is 0 Å². The average Bonchev–Trinajstić information content (AvgIpc) is 2.14. The molecule has 0 fully saturated rings. The monoisotopic (exact) mass is 198 g/mol. The molecule has 0 bridgehead atoms. The van der Waals surface area contributed by atoms with Crippen molar-refractivity contribution in [2.45, 2.75) is 73.1 Å². The van der Waals surface area contributed by atoms with Gasteiger partial charge >= 0.3 is 0 Å². The van der Waals surface area contributed by atoms with Crippen LogP contribution in [0, 0.1) is 17.8 Å². The first-order valence-corrected chi connectivity index (χ1v) is 6.56. The summed E-state index contributed by atoms with van der Waals surface area (Å²) < 4.78 is 0. The summed E-state index contributed by atoms with van der Waals surface area (Å²) in [6.07, 6.45) is 8.50. The maximum Gasteiger partial charge on any atom is -0.0443 e. The van der Waals surface area contributed by atoms with Crippen molar-refractivity contribution in [1.29, 1.82) is 0 Å². The van der Waals surface area contributed by atoms with E-state index in [0.29, 0.717) is 0 Å². The first kappa shape index (κ1) is 14.0. The Morgan fingerprint density at radius 3 is 1.79 bits per heavy atom. The lowest BCUT2D eigenvalue weighted by Gasteiger charge is -2.14. The zero-order chi connectivity index (χ0) is 11.0. The maximum atomic E-state index is 2.42. The zero-order valence-corrected chi connectivity index (χ0v) is 11.0. The molecule has 0 heterocycles. The molecule has 0 nitrogen and oxygen atoms in total. The van der Waals surface area contributed by atoms with E-state index < -0.39 is 0 Å². The molecule has 0 aliphatic rings. The van der Waals surface area contributed by atoms with Crippen molar-refractivity contribution < 1.29 is 0 Å². The molecule has 0 amide bonds. The van der Waals surface area contributed by atoms with Gasteiger partial charge in [-0.3, -0.25) is 0 Å². The van der Waals surface area contributed by atoms with Crippen LogP contribution in [0.1, 0.15) is 73.1 Å².